The molecule has 0 bridgehead atoms. The second-order valence-corrected chi connectivity index (χ2v) is 4.85. The van der Waals surface area contributed by atoms with Crippen LogP contribution >= 0.6 is 0 Å². The Morgan fingerprint density at radius 1 is 1.50 bits per heavy atom. The van der Waals surface area contributed by atoms with Crippen LogP contribution in [0.15, 0.2) is 18.6 Å². The van der Waals surface area contributed by atoms with Crippen molar-refractivity contribution in [3.63, 3.8) is 0 Å². The van der Waals surface area contributed by atoms with Crippen LogP contribution in [-0.4, -0.2) is 34.3 Å². The Balaban J connectivity index is 1.74. The number of hydrogen-bond acceptors (Lipinski definition) is 4. The van der Waals surface area contributed by atoms with Crippen molar-refractivity contribution in [2.75, 3.05) is 25.1 Å². The van der Waals surface area contributed by atoms with Gasteiger partial charge in [-0.1, -0.05) is 0 Å². The van der Waals surface area contributed by atoms with E-state index in [2.05, 4.69) is 15.3 Å². The van der Waals surface area contributed by atoms with Crippen LogP contribution < -0.4 is 5.32 Å². The highest BCUT2D eigenvalue weighted by atomic mass is 16.5. The molecule has 0 amide bonds. The summed E-state index contributed by atoms with van der Waals surface area (Å²) in [5.74, 6) is 1.46. The molecule has 0 spiro atoms. The van der Waals surface area contributed by atoms with Gasteiger partial charge in [-0.25, -0.2) is 9.97 Å². The fourth-order valence-electron chi connectivity index (χ4n) is 2.40. The number of anilines is 1. The molecule has 0 aliphatic carbocycles. The molecule has 0 radical (unpaired) electrons. The third kappa shape index (κ3) is 2.18. The largest absolute Gasteiger partial charge is 0.381 e. The third-order valence-electron chi connectivity index (χ3n) is 3.46. The average Bonchev–Trinajstić information content (AvgIpc) is 2.80. The van der Waals surface area contributed by atoms with E-state index in [-0.39, 0.29) is 0 Å². The maximum absolute atomic E-state index is 5.48. The maximum Gasteiger partial charge on any atom is 0.154 e. The molecule has 3 heterocycles. The summed E-state index contributed by atoms with van der Waals surface area (Å²) in [4.78, 5) is 8.77. The molecule has 2 aromatic rings. The van der Waals surface area contributed by atoms with Crippen LogP contribution in [0.1, 0.15) is 12.8 Å². The molecular weight excluding hydrogens is 228 g/mol. The summed E-state index contributed by atoms with van der Waals surface area (Å²) in [6, 6.07) is 1.98. The highest BCUT2D eigenvalue weighted by molar-refractivity contribution is 5.85. The third-order valence-corrected chi connectivity index (χ3v) is 3.46. The van der Waals surface area contributed by atoms with Gasteiger partial charge in [-0.3, -0.25) is 0 Å². The van der Waals surface area contributed by atoms with Gasteiger partial charge in [-0.05, 0) is 24.8 Å². The van der Waals surface area contributed by atoms with E-state index in [1.165, 1.54) is 6.42 Å². The van der Waals surface area contributed by atoms with Crippen LogP contribution in [0.2, 0.25) is 0 Å². The number of nitrogens with zero attached hydrogens (tertiary/aromatic N) is 3. The van der Waals surface area contributed by atoms with Crippen molar-refractivity contribution >= 4 is 16.9 Å². The molecule has 1 fully saturated rings. The van der Waals surface area contributed by atoms with Gasteiger partial charge in [-0.2, -0.15) is 0 Å². The first kappa shape index (κ1) is 11.5. The molecule has 1 aliphatic heterocycles. The molecule has 1 atom stereocenters. The van der Waals surface area contributed by atoms with Gasteiger partial charge in [0.1, 0.15) is 5.52 Å². The van der Waals surface area contributed by atoms with E-state index in [1.54, 1.807) is 0 Å². The number of pyridine rings is 1. The first-order valence-electron chi connectivity index (χ1n) is 6.42. The molecule has 1 N–H and O–H groups in total. The van der Waals surface area contributed by atoms with Crippen LogP contribution in [-0.2, 0) is 11.8 Å². The molecule has 2 aromatic heterocycles. The molecule has 1 saturated heterocycles. The first-order valence-corrected chi connectivity index (χ1v) is 6.42. The Bertz CT molecular complexity index is 531. The Hall–Kier alpha value is -1.62. The maximum atomic E-state index is 5.48. The minimum Gasteiger partial charge on any atom is -0.381 e. The topological polar surface area (TPSA) is 52.0 Å². The molecule has 5 nitrogen and oxygen atoms in total. The van der Waals surface area contributed by atoms with Gasteiger partial charge >= 0.3 is 0 Å². The monoisotopic (exact) mass is 246 g/mol. The standard InChI is InChI=1S/C13H18N4O/c1-17-9-16-12-11(17)4-5-14-13(12)15-7-10-3-2-6-18-8-10/h4-5,9-10H,2-3,6-8H2,1H3,(H,14,15). The van der Waals surface area contributed by atoms with Crippen molar-refractivity contribution < 1.29 is 4.74 Å². The Morgan fingerprint density at radius 2 is 2.44 bits per heavy atom. The summed E-state index contributed by atoms with van der Waals surface area (Å²) >= 11 is 0. The Morgan fingerprint density at radius 3 is 3.28 bits per heavy atom. The lowest BCUT2D eigenvalue weighted by Crippen LogP contribution is -2.24. The smallest absolute Gasteiger partial charge is 0.154 e. The van der Waals surface area contributed by atoms with Crippen molar-refractivity contribution in [1.82, 2.24) is 14.5 Å². The lowest BCUT2D eigenvalue weighted by molar-refractivity contribution is 0.0595. The van der Waals surface area contributed by atoms with E-state index in [0.29, 0.717) is 5.92 Å². The van der Waals surface area contributed by atoms with Gasteiger partial charge in [0.15, 0.2) is 5.82 Å². The number of imidazole rings is 1. The van der Waals surface area contributed by atoms with E-state index < -0.39 is 0 Å². The van der Waals surface area contributed by atoms with E-state index >= 15 is 0 Å². The second-order valence-electron chi connectivity index (χ2n) is 4.85. The summed E-state index contributed by atoms with van der Waals surface area (Å²) in [6.45, 7) is 2.67. The number of fused-ring (bicyclic) bond motifs is 1. The van der Waals surface area contributed by atoms with Crippen molar-refractivity contribution in [2.45, 2.75) is 12.8 Å². The van der Waals surface area contributed by atoms with E-state index in [0.717, 1.165) is 43.0 Å². The lowest BCUT2D eigenvalue weighted by Gasteiger charge is -2.22. The molecule has 0 saturated carbocycles. The molecule has 96 valence electrons. The van der Waals surface area contributed by atoms with E-state index in [9.17, 15) is 0 Å². The number of ether oxygens (including phenoxy) is 1. The zero-order chi connectivity index (χ0) is 12.4. The summed E-state index contributed by atoms with van der Waals surface area (Å²) < 4.78 is 7.49. The summed E-state index contributed by atoms with van der Waals surface area (Å²) in [6.07, 6.45) is 6.03. The van der Waals surface area contributed by atoms with Crippen LogP contribution in [0.4, 0.5) is 5.82 Å². The van der Waals surface area contributed by atoms with Gasteiger partial charge in [0.2, 0.25) is 0 Å². The number of nitrogens with one attached hydrogen (secondary N) is 1. The van der Waals surface area contributed by atoms with Crippen molar-refractivity contribution in [3.05, 3.63) is 18.6 Å². The summed E-state index contributed by atoms with van der Waals surface area (Å²) in [7, 11) is 1.99. The van der Waals surface area contributed by atoms with Gasteiger partial charge in [0, 0.05) is 26.4 Å². The highest BCUT2D eigenvalue weighted by Crippen LogP contribution is 2.20. The van der Waals surface area contributed by atoms with E-state index in [1.807, 2.05) is 30.2 Å². The van der Waals surface area contributed by atoms with Gasteiger partial charge in [-0.15, -0.1) is 0 Å². The number of rotatable bonds is 3. The normalized spacial score (nSPS) is 20.2. The fraction of sp³-hybridized carbons (Fsp3) is 0.538. The molecule has 5 heteroatoms. The average molecular weight is 246 g/mol. The fourth-order valence-corrected chi connectivity index (χ4v) is 2.40. The second kappa shape index (κ2) is 4.94. The van der Waals surface area contributed by atoms with Crippen molar-refractivity contribution in [1.29, 1.82) is 0 Å². The Kier molecular flexibility index (Phi) is 3.15. The predicted octanol–water partition coefficient (Wildman–Crippen LogP) is 1.81. The zero-order valence-corrected chi connectivity index (χ0v) is 10.6. The van der Waals surface area contributed by atoms with Crippen LogP contribution in [0.25, 0.3) is 11.0 Å². The molecule has 1 unspecified atom stereocenters. The number of hydrogen-bond donors (Lipinski definition) is 1. The van der Waals surface area contributed by atoms with Gasteiger partial charge in [0.05, 0.1) is 18.5 Å². The van der Waals surface area contributed by atoms with Crippen LogP contribution in [0.3, 0.4) is 0 Å². The minimum atomic E-state index is 0.583. The molecule has 3 rings (SSSR count). The molecule has 1 aliphatic rings. The first-order chi connectivity index (χ1) is 8.84. The van der Waals surface area contributed by atoms with Crippen molar-refractivity contribution in [3.8, 4) is 0 Å². The van der Waals surface area contributed by atoms with E-state index in [4.69, 9.17) is 4.74 Å². The zero-order valence-electron chi connectivity index (χ0n) is 10.6. The molecular formula is C13H18N4O. The number of aromatic nitrogens is 3. The van der Waals surface area contributed by atoms with Crippen LogP contribution in [0.5, 0.6) is 0 Å². The minimum absolute atomic E-state index is 0.583. The lowest BCUT2D eigenvalue weighted by atomic mass is 10.0. The quantitative estimate of drug-likeness (QED) is 0.897. The molecule has 18 heavy (non-hydrogen) atoms. The van der Waals surface area contributed by atoms with Gasteiger partial charge in [0.25, 0.3) is 0 Å². The van der Waals surface area contributed by atoms with Crippen molar-refractivity contribution in [2.24, 2.45) is 13.0 Å². The van der Waals surface area contributed by atoms with Gasteiger partial charge < -0.3 is 14.6 Å². The Labute approximate surface area is 106 Å². The predicted molar refractivity (Wildman–Crippen MR) is 70.5 cm³/mol. The molecule has 0 aromatic carbocycles. The van der Waals surface area contributed by atoms with Crippen LogP contribution in [0, 0.1) is 5.92 Å². The highest BCUT2D eigenvalue weighted by Gasteiger charge is 2.14. The number of aryl methyl sites for hydroxylation is 1. The SMILES string of the molecule is Cn1cnc2c(NCC3CCCOC3)nccc21. The summed E-state index contributed by atoms with van der Waals surface area (Å²) in [5.41, 5.74) is 2.05. The summed E-state index contributed by atoms with van der Waals surface area (Å²) in [5, 5.41) is 3.40.